The van der Waals surface area contributed by atoms with Gasteiger partial charge in [-0.15, -0.1) is 0 Å². The molecule has 8 aromatic carbocycles. The van der Waals surface area contributed by atoms with Gasteiger partial charge in [-0.2, -0.15) is 0 Å². The fourth-order valence-electron chi connectivity index (χ4n) is 10.5. The van der Waals surface area contributed by atoms with E-state index in [2.05, 4.69) is 198 Å². The number of benzene rings is 8. The van der Waals surface area contributed by atoms with Crippen LogP contribution in [0.15, 0.2) is 152 Å². The first-order valence-corrected chi connectivity index (χ1v) is 19.4. The highest BCUT2D eigenvalue weighted by molar-refractivity contribution is 6.00. The van der Waals surface area contributed by atoms with Gasteiger partial charge < -0.3 is 4.90 Å². The second-order valence-corrected chi connectivity index (χ2v) is 17.4. The van der Waals surface area contributed by atoms with E-state index in [1.807, 2.05) is 0 Å². The molecule has 0 bridgehead atoms. The van der Waals surface area contributed by atoms with E-state index in [4.69, 9.17) is 0 Å². The van der Waals surface area contributed by atoms with E-state index in [9.17, 15) is 0 Å². The molecule has 0 fully saturated rings. The largest absolute Gasteiger partial charge is 0.310 e. The summed E-state index contributed by atoms with van der Waals surface area (Å²) in [7, 11) is 0. The van der Waals surface area contributed by atoms with E-state index in [-0.39, 0.29) is 16.2 Å². The summed E-state index contributed by atoms with van der Waals surface area (Å²) >= 11 is 0. The first-order valence-electron chi connectivity index (χ1n) is 19.4. The number of anilines is 3. The Bertz CT molecular complexity index is 2900. The normalized spacial score (nSPS) is 16.0. The van der Waals surface area contributed by atoms with Crippen LogP contribution in [0.25, 0.3) is 54.9 Å². The van der Waals surface area contributed by atoms with Gasteiger partial charge in [0.05, 0.1) is 0 Å². The van der Waals surface area contributed by atoms with Gasteiger partial charge in [0, 0.05) is 33.3 Å². The van der Waals surface area contributed by atoms with Crippen molar-refractivity contribution in [2.45, 2.75) is 57.8 Å². The van der Waals surface area contributed by atoms with Crippen LogP contribution in [0.3, 0.4) is 0 Å². The fraction of sp³-hybridized carbons (Fsp3) is 0.170. The number of para-hydroxylation sites is 1. The first-order chi connectivity index (χ1) is 26.0. The zero-order valence-electron chi connectivity index (χ0n) is 31.9. The highest BCUT2D eigenvalue weighted by atomic mass is 15.1. The molecule has 0 saturated carbocycles. The molecule has 0 amide bonds. The molecule has 8 aromatic rings. The monoisotopic (exact) mass is 693 g/mol. The molecule has 3 aliphatic rings. The maximum atomic E-state index is 2.47. The molecule has 11 rings (SSSR count). The molecule has 54 heavy (non-hydrogen) atoms. The lowest BCUT2D eigenvalue weighted by atomic mass is 9.77. The predicted molar refractivity (Wildman–Crippen MR) is 229 cm³/mol. The van der Waals surface area contributed by atoms with E-state index >= 15 is 0 Å². The Morgan fingerprint density at radius 3 is 1.63 bits per heavy atom. The van der Waals surface area contributed by atoms with Gasteiger partial charge in [0.1, 0.15) is 0 Å². The molecule has 0 spiro atoms. The summed E-state index contributed by atoms with van der Waals surface area (Å²) in [5, 5.41) is 5.14. The maximum Gasteiger partial charge on any atom is 0.0468 e. The standard InChI is InChI=1S/C53H43N/c1-51(2)44-19-13-12-18-41(44)49-45(51)25-24-40-39-23-22-38(31-48(39)53(5,6)50(40)49)54(36-16-8-7-9-17-36)37-21-20-34-28-43-42-27-32-14-10-11-15-33(32)29-46(42)52(3,4)47(43)30-35(34)26-37/h7-31H,1-6H3. The van der Waals surface area contributed by atoms with E-state index in [1.54, 1.807) is 0 Å². The molecule has 0 unspecified atom stereocenters. The summed E-state index contributed by atoms with van der Waals surface area (Å²) in [6, 6.07) is 57.4. The van der Waals surface area contributed by atoms with Gasteiger partial charge >= 0.3 is 0 Å². The molecule has 0 aromatic heterocycles. The Labute approximate surface area is 318 Å². The lowest BCUT2D eigenvalue weighted by Gasteiger charge is -2.29. The molecule has 0 heterocycles. The molecule has 0 N–H and O–H groups in total. The molecular weight excluding hydrogens is 651 g/mol. The SMILES string of the molecule is CC1(C)c2cc3ccccc3cc2-c2cc3ccc(N(c4ccccc4)c4ccc5c(c4)C(C)(C)c4c-5ccc5c4-c4ccccc4C5(C)C)cc3cc21. The second kappa shape index (κ2) is 10.6. The molecular formula is C53H43N. The third-order valence-corrected chi connectivity index (χ3v) is 13.4. The highest BCUT2D eigenvalue weighted by Gasteiger charge is 2.44. The molecule has 1 heteroatoms. The summed E-state index contributed by atoms with van der Waals surface area (Å²) in [6.07, 6.45) is 0. The van der Waals surface area contributed by atoms with Crippen molar-refractivity contribution >= 4 is 38.6 Å². The van der Waals surface area contributed by atoms with Crippen molar-refractivity contribution in [1.29, 1.82) is 0 Å². The number of rotatable bonds is 3. The fourth-order valence-corrected chi connectivity index (χ4v) is 10.5. The third-order valence-electron chi connectivity index (χ3n) is 13.4. The molecule has 0 aliphatic heterocycles. The smallest absolute Gasteiger partial charge is 0.0468 e. The van der Waals surface area contributed by atoms with Crippen LogP contribution in [0.2, 0.25) is 0 Å². The van der Waals surface area contributed by atoms with Gasteiger partial charge in [0.15, 0.2) is 0 Å². The number of fused-ring (bicyclic) bond motifs is 12. The minimum Gasteiger partial charge on any atom is -0.310 e. The van der Waals surface area contributed by atoms with Gasteiger partial charge in [-0.05, 0) is 149 Å². The topological polar surface area (TPSA) is 3.24 Å². The van der Waals surface area contributed by atoms with E-state index < -0.39 is 0 Å². The van der Waals surface area contributed by atoms with E-state index in [1.165, 1.54) is 94.0 Å². The number of nitrogens with zero attached hydrogens (tertiary/aromatic N) is 1. The summed E-state index contributed by atoms with van der Waals surface area (Å²) in [5.74, 6) is 0. The van der Waals surface area contributed by atoms with Crippen molar-refractivity contribution in [2.75, 3.05) is 4.90 Å². The minimum atomic E-state index is -0.169. The number of hydrogen-bond acceptors (Lipinski definition) is 1. The average molecular weight is 694 g/mol. The lowest BCUT2D eigenvalue weighted by Crippen LogP contribution is -2.19. The predicted octanol–water partition coefficient (Wildman–Crippen LogP) is 14.4. The Morgan fingerprint density at radius 2 is 0.870 bits per heavy atom. The highest BCUT2D eigenvalue weighted by Crippen LogP contribution is 2.59. The molecule has 3 aliphatic carbocycles. The quantitative estimate of drug-likeness (QED) is 0.178. The summed E-state index contributed by atoms with van der Waals surface area (Å²) in [5.41, 5.74) is 20.0. The Morgan fingerprint density at radius 1 is 0.315 bits per heavy atom. The van der Waals surface area contributed by atoms with Gasteiger partial charge in [0.25, 0.3) is 0 Å². The molecule has 260 valence electrons. The zero-order chi connectivity index (χ0) is 36.7. The van der Waals surface area contributed by atoms with Crippen molar-refractivity contribution in [2.24, 2.45) is 0 Å². The van der Waals surface area contributed by atoms with Crippen LogP contribution in [0, 0.1) is 0 Å². The maximum absolute atomic E-state index is 2.47. The van der Waals surface area contributed by atoms with Crippen molar-refractivity contribution in [1.82, 2.24) is 0 Å². The van der Waals surface area contributed by atoms with Gasteiger partial charge in [-0.1, -0.05) is 133 Å². The lowest BCUT2D eigenvalue weighted by molar-refractivity contribution is 0.647. The minimum absolute atomic E-state index is 0.0244. The second-order valence-electron chi connectivity index (χ2n) is 17.4. The van der Waals surface area contributed by atoms with Gasteiger partial charge in [-0.3, -0.25) is 0 Å². The molecule has 1 nitrogen and oxygen atoms in total. The van der Waals surface area contributed by atoms with Gasteiger partial charge in [0.2, 0.25) is 0 Å². The Kier molecular flexibility index (Phi) is 6.21. The summed E-state index contributed by atoms with van der Waals surface area (Å²) in [4.78, 5) is 2.45. The molecule has 0 saturated heterocycles. The van der Waals surface area contributed by atoms with Crippen molar-refractivity contribution in [3.63, 3.8) is 0 Å². The van der Waals surface area contributed by atoms with Crippen LogP contribution in [0.1, 0.15) is 74.9 Å². The van der Waals surface area contributed by atoms with Crippen LogP contribution in [0.4, 0.5) is 17.1 Å². The molecule has 0 atom stereocenters. The zero-order valence-corrected chi connectivity index (χ0v) is 31.9. The van der Waals surface area contributed by atoms with Crippen LogP contribution in [0.5, 0.6) is 0 Å². The van der Waals surface area contributed by atoms with Crippen molar-refractivity contribution in [3.8, 4) is 33.4 Å². The van der Waals surface area contributed by atoms with Crippen LogP contribution < -0.4 is 4.90 Å². The Balaban J connectivity index is 1.06. The molecule has 0 radical (unpaired) electrons. The average Bonchev–Trinajstić information content (AvgIpc) is 3.65. The van der Waals surface area contributed by atoms with Gasteiger partial charge in [-0.25, -0.2) is 0 Å². The summed E-state index contributed by atoms with van der Waals surface area (Å²) < 4.78 is 0. The Hall–Kier alpha value is -5.92. The van der Waals surface area contributed by atoms with Crippen molar-refractivity contribution < 1.29 is 0 Å². The van der Waals surface area contributed by atoms with E-state index in [0.717, 1.165) is 11.4 Å². The van der Waals surface area contributed by atoms with Crippen molar-refractivity contribution in [3.05, 3.63) is 185 Å². The van der Waals surface area contributed by atoms with Crippen LogP contribution >= 0.6 is 0 Å². The first kappa shape index (κ1) is 31.6. The van der Waals surface area contributed by atoms with Crippen LogP contribution in [-0.2, 0) is 16.2 Å². The number of hydrogen-bond donors (Lipinski definition) is 0. The third kappa shape index (κ3) is 4.10. The van der Waals surface area contributed by atoms with E-state index in [0.29, 0.717) is 0 Å². The summed E-state index contributed by atoms with van der Waals surface area (Å²) in [6.45, 7) is 14.4. The van der Waals surface area contributed by atoms with Crippen LogP contribution in [-0.4, -0.2) is 0 Å².